The summed E-state index contributed by atoms with van der Waals surface area (Å²) < 4.78 is 5.64. The van der Waals surface area contributed by atoms with Crippen LogP contribution >= 0.6 is 11.6 Å². The number of rotatable bonds is 7. The summed E-state index contributed by atoms with van der Waals surface area (Å²) in [5, 5.41) is 3.45. The van der Waals surface area contributed by atoms with Crippen molar-refractivity contribution in [3.05, 3.63) is 23.2 Å². The van der Waals surface area contributed by atoms with Crippen LogP contribution in [0.1, 0.15) is 19.3 Å². The third-order valence-corrected chi connectivity index (χ3v) is 4.59. The number of anilines is 1. The number of nitrogens with zero attached hydrogens (tertiary/aromatic N) is 1. The Kier molecular flexibility index (Phi) is 6.69. The van der Waals surface area contributed by atoms with Gasteiger partial charge in [0, 0.05) is 18.2 Å². The van der Waals surface area contributed by atoms with Gasteiger partial charge < -0.3 is 20.7 Å². The molecule has 1 saturated carbocycles. The van der Waals surface area contributed by atoms with Gasteiger partial charge in [-0.3, -0.25) is 4.79 Å². The maximum Gasteiger partial charge on any atom is 0.227 e. The number of nitrogens with one attached hydrogen (secondary N) is 1. The number of halogens is 1. The van der Waals surface area contributed by atoms with Gasteiger partial charge in [0.25, 0.3) is 0 Å². The number of carbonyl (C=O) groups is 1. The molecule has 0 aliphatic heterocycles. The van der Waals surface area contributed by atoms with Crippen LogP contribution in [0.5, 0.6) is 5.75 Å². The first-order valence-electron chi connectivity index (χ1n) is 8.09. The van der Waals surface area contributed by atoms with Crippen LogP contribution in [0, 0.1) is 11.8 Å². The Hall–Kier alpha value is -1.30. The summed E-state index contributed by atoms with van der Waals surface area (Å²) in [5.74, 6) is 0.969. The fourth-order valence-electron chi connectivity index (χ4n) is 2.93. The SMILES string of the molecule is CN(C)CCOc1ccc(NC(=O)[C@@H]2CCC[C@@H]2CN)cc1Cl. The molecule has 0 aromatic heterocycles. The quantitative estimate of drug-likeness (QED) is 0.801. The van der Waals surface area contributed by atoms with Gasteiger partial charge in [0.1, 0.15) is 12.4 Å². The first-order valence-corrected chi connectivity index (χ1v) is 8.47. The number of ether oxygens (including phenoxy) is 1. The Balaban J connectivity index is 1.93. The van der Waals surface area contributed by atoms with Crippen molar-refractivity contribution < 1.29 is 9.53 Å². The third-order valence-electron chi connectivity index (χ3n) is 4.29. The van der Waals surface area contributed by atoms with Gasteiger partial charge in [-0.1, -0.05) is 18.0 Å². The van der Waals surface area contributed by atoms with Crippen LogP contribution in [-0.2, 0) is 4.79 Å². The molecule has 1 aliphatic rings. The van der Waals surface area contributed by atoms with Crippen LogP contribution in [0.4, 0.5) is 5.69 Å². The smallest absolute Gasteiger partial charge is 0.227 e. The Labute approximate surface area is 143 Å². The standard InChI is InChI=1S/C17H26ClN3O2/c1-21(2)8-9-23-16-7-6-13(10-15(16)18)20-17(22)14-5-3-4-12(14)11-19/h6-7,10,12,14H,3-5,8-9,11,19H2,1-2H3,(H,20,22)/t12-,14-/m1/s1. The van der Waals surface area contributed by atoms with E-state index in [1.54, 1.807) is 12.1 Å². The van der Waals surface area contributed by atoms with E-state index in [0.29, 0.717) is 35.5 Å². The molecule has 0 radical (unpaired) electrons. The summed E-state index contributed by atoms with van der Waals surface area (Å²) in [4.78, 5) is 14.4. The van der Waals surface area contributed by atoms with E-state index in [2.05, 4.69) is 5.32 Å². The lowest BCUT2D eigenvalue weighted by molar-refractivity contribution is -0.120. The van der Waals surface area contributed by atoms with E-state index in [1.165, 1.54) is 0 Å². The number of carbonyl (C=O) groups excluding carboxylic acids is 1. The normalized spacial score (nSPS) is 20.7. The van der Waals surface area contributed by atoms with Gasteiger partial charge in [-0.2, -0.15) is 0 Å². The topological polar surface area (TPSA) is 67.6 Å². The Bertz CT molecular complexity index is 537. The zero-order valence-corrected chi connectivity index (χ0v) is 14.6. The summed E-state index contributed by atoms with van der Waals surface area (Å²) in [7, 11) is 3.97. The molecule has 0 unspecified atom stereocenters. The lowest BCUT2D eigenvalue weighted by Crippen LogP contribution is -2.29. The molecule has 128 valence electrons. The summed E-state index contributed by atoms with van der Waals surface area (Å²) in [6, 6.07) is 5.35. The van der Waals surface area contributed by atoms with E-state index in [4.69, 9.17) is 22.1 Å². The fraction of sp³-hybridized carbons (Fsp3) is 0.588. The van der Waals surface area contributed by atoms with E-state index in [-0.39, 0.29) is 11.8 Å². The Morgan fingerprint density at radius 2 is 2.22 bits per heavy atom. The second-order valence-electron chi connectivity index (χ2n) is 6.32. The maximum absolute atomic E-state index is 12.4. The van der Waals surface area contributed by atoms with Crippen molar-refractivity contribution in [3.8, 4) is 5.75 Å². The highest BCUT2D eigenvalue weighted by Crippen LogP contribution is 2.33. The molecule has 0 bridgehead atoms. The number of hydrogen-bond acceptors (Lipinski definition) is 4. The number of benzene rings is 1. The molecule has 1 fully saturated rings. The average Bonchev–Trinajstić information content (AvgIpc) is 2.97. The largest absolute Gasteiger partial charge is 0.491 e. The van der Waals surface area contributed by atoms with Crippen molar-refractivity contribution in [1.82, 2.24) is 4.90 Å². The second kappa shape index (κ2) is 8.52. The Morgan fingerprint density at radius 1 is 1.43 bits per heavy atom. The fourth-order valence-corrected chi connectivity index (χ4v) is 3.17. The van der Waals surface area contributed by atoms with Crippen molar-refractivity contribution in [2.75, 3.05) is 39.1 Å². The van der Waals surface area contributed by atoms with Gasteiger partial charge in [-0.15, -0.1) is 0 Å². The molecular formula is C17H26ClN3O2. The second-order valence-corrected chi connectivity index (χ2v) is 6.73. The molecule has 2 atom stereocenters. The molecule has 0 spiro atoms. The molecule has 1 aliphatic carbocycles. The summed E-state index contributed by atoms with van der Waals surface area (Å²) in [5.41, 5.74) is 6.44. The van der Waals surface area contributed by atoms with E-state index in [9.17, 15) is 4.79 Å². The van der Waals surface area contributed by atoms with Crippen molar-refractivity contribution >= 4 is 23.2 Å². The zero-order valence-electron chi connectivity index (χ0n) is 13.8. The lowest BCUT2D eigenvalue weighted by atomic mass is 9.95. The highest BCUT2D eigenvalue weighted by molar-refractivity contribution is 6.32. The predicted octanol–water partition coefficient (Wildman–Crippen LogP) is 2.59. The van der Waals surface area contributed by atoms with Gasteiger partial charge in [0.05, 0.1) is 5.02 Å². The van der Waals surface area contributed by atoms with E-state index >= 15 is 0 Å². The van der Waals surface area contributed by atoms with Gasteiger partial charge in [-0.05, 0) is 57.6 Å². The van der Waals surface area contributed by atoms with E-state index in [1.807, 2.05) is 25.1 Å². The third kappa shape index (κ3) is 5.09. The summed E-state index contributed by atoms with van der Waals surface area (Å²) >= 11 is 6.23. The average molecular weight is 340 g/mol. The van der Waals surface area contributed by atoms with Crippen LogP contribution in [0.15, 0.2) is 18.2 Å². The summed E-state index contributed by atoms with van der Waals surface area (Å²) in [6.45, 7) is 1.95. The van der Waals surface area contributed by atoms with Crippen LogP contribution in [0.2, 0.25) is 5.02 Å². The van der Waals surface area contributed by atoms with Crippen LogP contribution < -0.4 is 15.8 Å². The molecule has 23 heavy (non-hydrogen) atoms. The molecule has 3 N–H and O–H groups in total. The molecular weight excluding hydrogens is 314 g/mol. The van der Waals surface area contributed by atoms with Gasteiger partial charge >= 0.3 is 0 Å². The van der Waals surface area contributed by atoms with Crippen LogP contribution in [0.3, 0.4) is 0 Å². The van der Waals surface area contributed by atoms with Crippen molar-refractivity contribution in [2.45, 2.75) is 19.3 Å². The van der Waals surface area contributed by atoms with Crippen LogP contribution in [-0.4, -0.2) is 44.6 Å². The molecule has 1 aromatic rings. The van der Waals surface area contributed by atoms with Gasteiger partial charge in [-0.25, -0.2) is 0 Å². The zero-order chi connectivity index (χ0) is 16.8. The number of nitrogens with two attached hydrogens (primary N) is 1. The van der Waals surface area contributed by atoms with Crippen LogP contribution in [0.25, 0.3) is 0 Å². The maximum atomic E-state index is 12.4. The number of likely N-dealkylation sites (N-methyl/N-ethyl adjacent to an activating group) is 1. The molecule has 2 rings (SSSR count). The highest BCUT2D eigenvalue weighted by Gasteiger charge is 2.31. The number of amides is 1. The minimum Gasteiger partial charge on any atom is -0.491 e. The molecule has 0 saturated heterocycles. The van der Waals surface area contributed by atoms with Crippen molar-refractivity contribution in [2.24, 2.45) is 17.6 Å². The molecule has 1 amide bonds. The van der Waals surface area contributed by atoms with Gasteiger partial charge in [0.15, 0.2) is 0 Å². The molecule has 0 heterocycles. The predicted molar refractivity (Wildman–Crippen MR) is 94.0 cm³/mol. The molecule has 6 heteroatoms. The Morgan fingerprint density at radius 3 is 2.87 bits per heavy atom. The molecule has 5 nitrogen and oxygen atoms in total. The van der Waals surface area contributed by atoms with Crippen molar-refractivity contribution in [3.63, 3.8) is 0 Å². The first-order chi connectivity index (χ1) is 11.0. The number of hydrogen-bond donors (Lipinski definition) is 2. The first kappa shape index (κ1) is 18.0. The highest BCUT2D eigenvalue weighted by atomic mass is 35.5. The minimum absolute atomic E-state index is 0.00907. The van der Waals surface area contributed by atoms with Gasteiger partial charge in [0.2, 0.25) is 5.91 Å². The lowest BCUT2D eigenvalue weighted by Gasteiger charge is -2.18. The van der Waals surface area contributed by atoms with Crippen molar-refractivity contribution in [1.29, 1.82) is 0 Å². The van der Waals surface area contributed by atoms with E-state index in [0.717, 1.165) is 25.8 Å². The molecule has 1 aromatic carbocycles. The minimum atomic E-state index is 0.00907. The monoisotopic (exact) mass is 339 g/mol. The summed E-state index contributed by atoms with van der Waals surface area (Å²) in [6.07, 6.45) is 3.01. The van der Waals surface area contributed by atoms with E-state index < -0.39 is 0 Å².